The van der Waals surface area contributed by atoms with Gasteiger partial charge in [-0.3, -0.25) is 0 Å². The van der Waals surface area contributed by atoms with Gasteiger partial charge in [0, 0.05) is 36.2 Å². The fraction of sp³-hybridized carbons (Fsp3) is 0.667. The molecule has 15 heavy (non-hydrogen) atoms. The first-order chi connectivity index (χ1) is 6.98. The SMILES string of the molecule is Cc1nc(C(C)(C)C)nc2c1CNCC2. The van der Waals surface area contributed by atoms with Gasteiger partial charge >= 0.3 is 0 Å². The van der Waals surface area contributed by atoms with Crippen molar-refractivity contribution in [2.75, 3.05) is 6.54 Å². The quantitative estimate of drug-likeness (QED) is 0.701. The summed E-state index contributed by atoms with van der Waals surface area (Å²) in [7, 11) is 0. The Morgan fingerprint density at radius 2 is 1.93 bits per heavy atom. The van der Waals surface area contributed by atoms with Crippen LogP contribution in [0.15, 0.2) is 0 Å². The molecule has 0 aliphatic carbocycles. The van der Waals surface area contributed by atoms with Gasteiger partial charge in [0.1, 0.15) is 5.82 Å². The predicted molar refractivity (Wildman–Crippen MR) is 60.9 cm³/mol. The molecule has 0 fully saturated rings. The monoisotopic (exact) mass is 205 g/mol. The molecule has 1 N–H and O–H groups in total. The molecule has 0 saturated carbocycles. The molecule has 1 aliphatic rings. The Morgan fingerprint density at radius 1 is 1.20 bits per heavy atom. The van der Waals surface area contributed by atoms with Crippen LogP contribution in [-0.2, 0) is 18.4 Å². The number of hydrogen-bond acceptors (Lipinski definition) is 3. The van der Waals surface area contributed by atoms with Gasteiger partial charge in [-0.2, -0.15) is 0 Å². The van der Waals surface area contributed by atoms with Crippen molar-refractivity contribution >= 4 is 0 Å². The molecule has 3 nitrogen and oxygen atoms in total. The van der Waals surface area contributed by atoms with Crippen LogP contribution in [0.5, 0.6) is 0 Å². The highest BCUT2D eigenvalue weighted by Crippen LogP contribution is 2.22. The Kier molecular flexibility index (Phi) is 2.51. The molecule has 0 atom stereocenters. The van der Waals surface area contributed by atoms with Crippen LogP contribution in [0.4, 0.5) is 0 Å². The van der Waals surface area contributed by atoms with Gasteiger partial charge in [-0.05, 0) is 6.92 Å². The number of aromatic nitrogens is 2. The Labute approximate surface area is 91.3 Å². The number of hydrogen-bond donors (Lipinski definition) is 1. The Bertz CT molecular complexity index is 377. The van der Waals surface area contributed by atoms with E-state index in [1.807, 2.05) is 0 Å². The molecule has 1 aromatic heterocycles. The van der Waals surface area contributed by atoms with Gasteiger partial charge in [-0.15, -0.1) is 0 Å². The van der Waals surface area contributed by atoms with E-state index in [1.54, 1.807) is 0 Å². The molecule has 82 valence electrons. The smallest absolute Gasteiger partial charge is 0.134 e. The molecule has 0 aromatic carbocycles. The van der Waals surface area contributed by atoms with E-state index < -0.39 is 0 Å². The molecular weight excluding hydrogens is 186 g/mol. The Morgan fingerprint density at radius 3 is 2.60 bits per heavy atom. The standard InChI is InChI=1S/C12H19N3/c1-8-9-7-13-6-5-10(9)15-11(14-8)12(2,3)4/h13H,5-7H2,1-4H3. The summed E-state index contributed by atoms with van der Waals surface area (Å²) in [6.45, 7) is 10.5. The molecule has 0 spiro atoms. The van der Waals surface area contributed by atoms with Crippen molar-refractivity contribution in [2.45, 2.75) is 46.1 Å². The van der Waals surface area contributed by atoms with E-state index >= 15 is 0 Å². The van der Waals surface area contributed by atoms with Crippen molar-refractivity contribution in [3.63, 3.8) is 0 Å². The zero-order valence-corrected chi connectivity index (χ0v) is 10.0. The first-order valence-corrected chi connectivity index (χ1v) is 5.56. The average Bonchev–Trinajstić information content (AvgIpc) is 2.16. The minimum absolute atomic E-state index is 0.0463. The van der Waals surface area contributed by atoms with E-state index in [2.05, 4.69) is 38.0 Å². The van der Waals surface area contributed by atoms with Crippen molar-refractivity contribution in [1.29, 1.82) is 0 Å². The average molecular weight is 205 g/mol. The van der Waals surface area contributed by atoms with Crippen LogP contribution >= 0.6 is 0 Å². The summed E-state index contributed by atoms with van der Waals surface area (Å²) in [6, 6.07) is 0. The highest BCUT2D eigenvalue weighted by atomic mass is 15.0. The summed E-state index contributed by atoms with van der Waals surface area (Å²) >= 11 is 0. The first-order valence-electron chi connectivity index (χ1n) is 5.56. The van der Waals surface area contributed by atoms with E-state index in [1.165, 1.54) is 11.3 Å². The van der Waals surface area contributed by atoms with Gasteiger partial charge in [0.2, 0.25) is 0 Å². The van der Waals surface area contributed by atoms with Crippen LogP contribution in [0, 0.1) is 6.92 Å². The summed E-state index contributed by atoms with van der Waals surface area (Å²) in [5.41, 5.74) is 3.72. The second-order valence-electron chi connectivity index (χ2n) is 5.23. The van der Waals surface area contributed by atoms with E-state index in [-0.39, 0.29) is 5.41 Å². The number of nitrogens with zero attached hydrogens (tertiary/aromatic N) is 2. The largest absolute Gasteiger partial charge is 0.312 e. The van der Waals surface area contributed by atoms with Crippen molar-refractivity contribution < 1.29 is 0 Å². The number of rotatable bonds is 0. The molecular formula is C12H19N3. The lowest BCUT2D eigenvalue weighted by atomic mass is 9.94. The fourth-order valence-corrected chi connectivity index (χ4v) is 1.85. The summed E-state index contributed by atoms with van der Waals surface area (Å²) < 4.78 is 0. The van der Waals surface area contributed by atoms with Gasteiger partial charge in [0.15, 0.2) is 0 Å². The van der Waals surface area contributed by atoms with Crippen molar-refractivity contribution in [2.24, 2.45) is 0 Å². The van der Waals surface area contributed by atoms with Crippen LogP contribution in [0.3, 0.4) is 0 Å². The number of fused-ring (bicyclic) bond motifs is 1. The third kappa shape index (κ3) is 2.02. The maximum Gasteiger partial charge on any atom is 0.134 e. The summed E-state index contributed by atoms with van der Waals surface area (Å²) in [4.78, 5) is 9.30. The summed E-state index contributed by atoms with van der Waals surface area (Å²) in [6.07, 6.45) is 1.03. The molecule has 0 bridgehead atoms. The van der Waals surface area contributed by atoms with Gasteiger partial charge in [-0.25, -0.2) is 9.97 Å². The summed E-state index contributed by atoms with van der Waals surface area (Å²) in [5.74, 6) is 0.973. The molecule has 0 radical (unpaired) electrons. The molecule has 1 aliphatic heterocycles. The Balaban J connectivity index is 2.50. The lowest BCUT2D eigenvalue weighted by molar-refractivity contribution is 0.526. The third-order valence-corrected chi connectivity index (χ3v) is 2.81. The lowest BCUT2D eigenvalue weighted by Crippen LogP contribution is -2.28. The van der Waals surface area contributed by atoms with E-state index in [0.717, 1.165) is 31.0 Å². The van der Waals surface area contributed by atoms with Crippen LogP contribution in [-0.4, -0.2) is 16.5 Å². The normalized spacial score (nSPS) is 16.3. The van der Waals surface area contributed by atoms with Crippen molar-refractivity contribution in [3.8, 4) is 0 Å². The highest BCUT2D eigenvalue weighted by Gasteiger charge is 2.21. The van der Waals surface area contributed by atoms with Crippen LogP contribution in [0.25, 0.3) is 0 Å². The first kappa shape index (κ1) is 10.6. The minimum Gasteiger partial charge on any atom is -0.312 e. The van der Waals surface area contributed by atoms with Crippen molar-refractivity contribution in [1.82, 2.24) is 15.3 Å². The maximum absolute atomic E-state index is 4.69. The third-order valence-electron chi connectivity index (χ3n) is 2.81. The van der Waals surface area contributed by atoms with E-state index in [9.17, 15) is 0 Å². The zero-order valence-electron chi connectivity index (χ0n) is 10.0. The second-order valence-corrected chi connectivity index (χ2v) is 5.23. The zero-order chi connectivity index (χ0) is 11.1. The predicted octanol–water partition coefficient (Wildman–Crippen LogP) is 1.73. The maximum atomic E-state index is 4.69. The van der Waals surface area contributed by atoms with Crippen LogP contribution in [0.1, 0.15) is 43.5 Å². The molecule has 2 rings (SSSR count). The molecule has 0 unspecified atom stereocenters. The van der Waals surface area contributed by atoms with Gasteiger partial charge in [-0.1, -0.05) is 20.8 Å². The van der Waals surface area contributed by atoms with Crippen molar-refractivity contribution in [3.05, 3.63) is 22.8 Å². The van der Waals surface area contributed by atoms with Gasteiger partial charge < -0.3 is 5.32 Å². The molecule has 2 heterocycles. The molecule has 1 aromatic rings. The van der Waals surface area contributed by atoms with Gasteiger partial charge in [0.05, 0.1) is 5.69 Å². The van der Waals surface area contributed by atoms with Crippen LogP contribution in [0.2, 0.25) is 0 Å². The molecule has 0 saturated heterocycles. The molecule has 3 heteroatoms. The Hall–Kier alpha value is -0.960. The summed E-state index contributed by atoms with van der Waals surface area (Å²) in [5, 5.41) is 3.36. The van der Waals surface area contributed by atoms with Crippen LogP contribution < -0.4 is 5.32 Å². The second kappa shape index (κ2) is 3.56. The minimum atomic E-state index is 0.0463. The van der Waals surface area contributed by atoms with Gasteiger partial charge in [0.25, 0.3) is 0 Å². The fourth-order valence-electron chi connectivity index (χ4n) is 1.85. The molecule has 0 amide bonds. The lowest BCUT2D eigenvalue weighted by Gasteiger charge is -2.23. The van der Waals surface area contributed by atoms with E-state index in [4.69, 9.17) is 4.98 Å². The number of aryl methyl sites for hydroxylation is 1. The number of nitrogens with one attached hydrogen (secondary N) is 1. The van der Waals surface area contributed by atoms with E-state index in [0.29, 0.717) is 0 Å². The highest BCUT2D eigenvalue weighted by molar-refractivity contribution is 5.28. The topological polar surface area (TPSA) is 37.8 Å².